The van der Waals surface area contributed by atoms with Gasteiger partial charge >= 0.3 is 0 Å². The summed E-state index contributed by atoms with van der Waals surface area (Å²) in [4.78, 5) is 25.9. The van der Waals surface area contributed by atoms with Crippen LogP contribution in [0.5, 0.6) is 0 Å². The van der Waals surface area contributed by atoms with Crippen molar-refractivity contribution < 1.29 is 4.79 Å². The summed E-state index contributed by atoms with van der Waals surface area (Å²) >= 11 is 6.06. The zero-order valence-electron chi connectivity index (χ0n) is 16.9. The maximum absolute atomic E-state index is 11.5. The van der Waals surface area contributed by atoms with E-state index in [0.717, 1.165) is 62.1 Å². The van der Waals surface area contributed by atoms with Gasteiger partial charge in [-0.1, -0.05) is 18.5 Å². The molecule has 1 aromatic heterocycles. The third kappa shape index (κ3) is 4.64. The van der Waals surface area contributed by atoms with Gasteiger partial charge in [0.2, 0.25) is 5.91 Å². The molecule has 29 heavy (non-hydrogen) atoms. The standard InChI is InChI=1S/C22H28ClN5O/c1-15-6-10-27(11-7-15)19-14-20(28-12-8-16(9-13-28)21(24)29)26-22(25-19)17-2-4-18(23)5-3-17/h2-5,14-16H,6-13H2,1H3,(H2,24,29). The van der Waals surface area contributed by atoms with Crippen molar-refractivity contribution in [2.45, 2.75) is 32.6 Å². The fourth-order valence-corrected chi connectivity index (χ4v) is 4.23. The van der Waals surface area contributed by atoms with Crippen LogP contribution in [0.3, 0.4) is 0 Å². The number of hydrogen-bond donors (Lipinski definition) is 1. The predicted octanol–water partition coefficient (Wildman–Crippen LogP) is 3.74. The fourth-order valence-electron chi connectivity index (χ4n) is 4.10. The van der Waals surface area contributed by atoms with Gasteiger partial charge in [-0.15, -0.1) is 0 Å². The van der Waals surface area contributed by atoms with E-state index in [-0.39, 0.29) is 11.8 Å². The Labute approximate surface area is 177 Å². The zero-order chi connectivity index (χ0) is 20.4. The van der Waals surface area contributed by atoms with Gasteiger partial charge in [0.25, 0.3) is 0 Å². The van der Waals surface area contributed by atoms with Gasteiger partial charge in [-0.05, 0) is 55.9 Å². The van der Waals surface area contributed by atoms with Crippen LogP contribution in [0.2, 0.25) is 5.02 Å². The number of nitrogens with zero attached hydrogens (tertiary/aromatic N) is 4. The number of amides is 1. The van der Waals surface area contributed by atoms with E-state index >= 15 is 0 Å². The largest absolute Gasteiger partial charge is 0.369 e. The van der Waals surface area contributed by atoms with Crippen molar-refractivity contribution in [1.29, 1.82) is 0 Å². The lowest BCUT2D eigenvalue weighted by Gasteiger charge is -2.34. The van der Waals surface area contributed by atoms with Gasteiger partial charge in [0.05, 0.1) is 0 Å². The van der Waals surface area contributed by atoms with Crippen LogP contribution in [-0.4, -0.2) is 42.1 Å². The van der Waals surface area contributed by atoms with E-state index < -0.39 is 0 Å². The minimum Gasteiger partial charge on any atom is -0.369 e. The van der Waals surface area contributed by atoms with Crippen LogP contribution >= 0.6 is 11.6 Å². The van der Waals surface area contributed by atoms with Crippen LogP contribution < -0.4 is 15.5 Å². The molecule has 0 aliphatic carbocycles. The summed E-state index contributed by atoms with van der Waals surface area (Å²) in [5.74, 6) is 3.13. The zero-order valence-corrected chi connectivity index (χ0v) is 17.6. The molecule has 1 amide bonds. The molecule has 2 aliphatic rings. The SMILES string of the molecule is CC1CCN(c2cc(N3CCC(C(N)=O)CC3)nc(-c3ccc(Cl)cc3)n2)CC1. The Hall–Kier alpha value is -2.34. The van der Waals surface area contributed by atoms with Crippen molar-refractivity contribution >= 4 is 29.1 Å². The Bertz CT molecular complexity index is 856. The fraction of sp³-hybridized carbons (Fsp3) is 0.500. The molecule has 0 saturated carbocycles. The van der Waals surface area contributed by atoms with Gasteiger partial charge in [0.1, 0.15) is 11.6 Å². The molecule has 2 aliphatic heterocycles. The Morgan fingerprint density at radius 1 is 0.966 bits per heavy atom. The van der Waals surface area contributed by atoms with E-state index in [2.05, 4.69) is 22.8 Å². The molecule has 154 valence electrons. The van der Waals surface area contributed by atoms with Crippen LogP contribution in [0.15, 0.2) is 30.3 Å². The quantitative estimate of drug-likeness (QED) is 0.826. The Morgan fingerprint density at radius 3 is 2.00 bits per heavy atom. The molecule has 0 atom stereocenters. The minimum atomic E-state index is -0.197. The Kier molecular flexibility index (Phi) is 5.90. The summed E-state index contributed by atoms with van der Waals surface area (Å²) in [6.45, 7) is 5.90. The molecule has 6 nitrogen and oxygen atoms in total. The lowest BCUT2D eigenvalue weighted by atomic mass is 9.96. The van der Waals surface area contributed by atoms with Crippen molar-refractivity contribution in [3.05, 3.63) is 35.4 Å². The Morgan fingerprint density at radius 2 is 1.48 bits per heavy atom. The lowest BCUT2D eigenvalue weighted by molar-refractivity contribution is -0.122. The maximum Gasteiger partial charge on any atom is 0.220 e. The van der Waals surface area contributed by atoms with E-state index in [1.54, 1.807) is 0 Å². The smallest absolute Gasteiger partial charge is 0.220 e. The highest BCUT2D eigenvalue weighted by Crippen LogP contribution is 2.30. The van der Waals surface area contributed by atoms with Crippen molar-refractivity contribution in [3.63, 3.8) is 0 Å². The van der Waals surface area contributed by atoms with E-state index in [0.29, 0.717) is 10.8 Å². The van der Waals surface area contributed by atoms with Crippen LogP contribution in [0.1, 0.15) is 32.6 Å². The molecular formula is C22H28ClN5O. The van der Waals surface area contributed by atoms with E-state index in [9.17, 15) is 4.79 Å². The number of aromatic nitrogens is 2. The number of nitrogens with two attached hydrogens (primary N) is 1. The molecule has 0 bridgehead atoms. The molecule has 0 spiro atoms. The maximum atomic E-state index is 11.5. The highest BCUT2D eigenvalue weighted by Gasteiger charge is 2.26. The number of benzene rings is 1. The summed E-state index contributed by atoms with van der Waals surface area (Å²) in [7, 11) is 0. The number of carbonyl (C=O) groups excluding carboxylic acids is 1. The van der Waals surface area contributed by atoms with Gasteiger partial charge in [-0.25, -0.2) is 9.97 Å². The number of anilines is 2. The highest BCUT2D eigenvalue weighted by atomic mass is 35.5. The van der Waals surface area contributed by atoms with Gasteiger partial charge in [-0.2, -0.15) is 0 Å². The minimum absolute atomic E-state index is 0.0353. The first-order valence-corrected chi connectivity index (χ1v) is 10.8. The van der Waals surface area contributed by atoms with Crippen LogP contribution in [0.4, 0.5) is 11.6 Å². The first-order chi connectivity index (χ1) is 14.0. The molecule has 2 aromatic rings. The second-order valence-corrected chi connectivity index (χ2v) is 8.68. The van der Waals surface area contributed by atoms with Crippen molar-refractivity contribution in [2.24, 2.45) is 17.6 Å². The third-order valence-corrected chi connectivity index (χ3v) is 6.38. The second kappa shape index (κ2) is 8.57. The van der Waals surface area contributed by atoms with E-state index in [1.807, 2.05) is 24.3 Å². The molecule has 4 rings (SSSR count). The van der Waals surface area contributed by atoms with Crippen molar-refractivity contribution in [2.75, 3.05) is 36.0 Å². The molecular weight excluding hydrogens is 386 g/mol. The number of carbonyl (C=O) groups is 1. The third-order valence-electron chi connectivity index (χ3n) is 6.13. The van der Waals surface area contributed by atoms with Crippen LogP contribution in [0.25, 0.3) is 11.4 Å². The average Bonchev–Trinajstić information content (AvgIpc) is 2.74. The van der Waals surface area contributed by atoms with E-state index in [4.69, 9.17) is 27.3 Å². The molecule has 0 unspecified atom stereocenters. The van der Waals surface area contributed by atoms with Crippen molar-refractivity contribution in [3.8, 4) is 11.4 Å². The summed E-state index contributed by atoms with van der Waals surface area (Å²) in [6.07, 6.45) is 3.90. The summed E-state index contributed by atoms with van der Waals surface area (Å²) < 4.78 is 0. The number of hydrogen-bond acceptors (Lipinski definition) is 5. The van der Waals surface area contributed by atoms with Crippen LogP contribution in [-0.2, 0) is 4.79 Å². The second-order valence-electron chi connectivity index (χ2n) is 8.25. The first-order valence-electron chi connectivity index (χ1n) is 10.4. The summed E-state index contributed by atoms with van der Waals surface area (Å²) in [6, 6.07) is 9.76. The highest BCUT2D eigenvalue weighted by molar-refractivity contribution is 6.30. The van der Waals surface area contributed by atoms with Gasteiger partial charge in [0.15, 0.2) is 5.82 Å². The number of halogens is 1. The molecule has 0 radical (unpaired) electrons. The number of primary amides is 1. The van der Waals surface area contributed by atoms with E-state index in [1.165, 1.54) is 12.8 Å². The first kappa shape index (κ1) is 20.0. The molecule has 2 fully saturated rings. The summed E-state index contributed by atoms with van der Waals surface area (Å²) in [5, 5.41) is 0.698. The molecule has 1 aromatic carbocycles. The molecule has 3 heterocycles. The number of piperidine rings is 2. The molecule has 2 N–H and O–H groups in total. The lowest BCUT2D eigenvalue weighted by Crippen LogP contribution is -2.39. The normalized spacial score (nSPS) is 18.8. The molecule has 7 heteroatoms. The van der Waals surface area contributed by atoms with Crippen molar-refractivity contribution in [1.82, 2.24) is 9.97 Å². The van der Waals surface area contributed by atoms with Gasteiger partial charge in [0, 0.05) is 48.7 Å². The van der Waals surface area contributed by atoms with Gasteiger partial charge < -0.3 is 15.5 Å². The Balaban J connectivity index is 1.65. The molecule has 2 saturated heterocycles. The van der Waals surface area contributed by atoms with Crippen LogP contribution in [0, 0.1) is 11.8 Å². The van der Waals surface area contributed by atoms with Gasteiger partial charge in [-0.3, -0.25) is 4.79 Å². The number of rotatable bonds is 4. The predicted molar refractivity (Wildman–Crippen MR) is 117 cm³/mol. The average molecular weight is 414 g/mol. The monoisotopic (exact) mass is 413 g/mol. The topological polar surface area (TPSA) is 75.3 Å². The summed E-state index contributed by atoms with van der Waals surface area (Å²) in [5.41, 5.74) is 6.45.